The van der Waals surface area contributed by atoms with Gasteiger partial charge in [0.25, 0.3) is 0 Å². The number of imidazole rings is 1. The topological polar surface area (TPSA) is 67.2 Å². The number of phenolic OH excluding ortho intramolecular Hbond substituents is 1. The number of benzene rings is 2. The Balaban J connectivity index is 2.10. The van der Waals surface area contributed by atoms with E-state index in [9.17, 15) is 9.90 Å². The number of methoxy groups -OCH3 is 1. The second-order valence-electron chi connectivity index (χ2n) is 4.53. The first-order valence-electron chi connectivity index (χ1n) is 6.22. The number of phenols is 1. The van der Waals surface area contributed by atoms with Gasteiger partial charge < -0.3 is 14.8 Å². The maximum Gasteiger partial charge on any atom is 0.326 e. The zero-order valence-electron chi connectivity index (χ0n) is 11.0. The molecule has 5 heteroatoms. The zero-order valence-corrected chi connectivity index (χ0v) is 11.0. The number of aromatic hydroxyl groups is 1. The van der Waals surface area contributed by atoms with Crippen LogP contribution in [0.15, 0.2) is 47.3 Å². The molecule has 0 radical (unpaired) electrons. The molecule has 1 heterocycles. The molecule has 5 nitrogen and oxygen atoms in total. The number of nitrogens with one attached hydrogen (secondary N) is 1. The minimum absolute atomic E-state index is 0.183. The van der Waals surface area contributed by atoms with E-state index in [0.29, 0.717) is 23.4 Å². The molecule has 0 atom stereocenters. The first kappa shape index (κ1) is 12.3. The number of nitrogens with zero attached hydrogens (tertiary/aromatic N) is 1. The van der Waals surface area contributed by atoms with Crippen molar-refractivity contribution >= 4 is 11.0 Å². The molecule has 0 unspecified atom stereocenters. The maximum absolute atomic E-state index is 12.0. The van der Waals surface area contributed by atoms with E-state index in [1.807, 2.05) is 12.1 Å². The van der Waals surface area contributed by atoms with Gasteiger partial charge in [-0.25, -0.2) is 4.79 Å². The lowest BCUT2D eigenvalue weighted by Crippen LogP contribution is -2.17. The van der Waals surface area contributed by atoms with Gasteiger partial charge >= 0.3 is 5.69 Å². The summed E-state index contributed by atoms with van der Waals surface area (Å²) in [5.74, 6) is 0.871. The van der Waals surface area contributed by atoms with Crippen LogP contribution in [-0.4, -0.2) is 21.8 Å². The van der Waals surface area contributed by atoms with Crippen LogP contribution in [0.3, 0.4) is 0 Å². The average Bonchev–Trinajstić information content (AvgIpc) is 2.76. The predicted octanol–water partition coefficient (Wildman–Crippen LogP) is 2.09. The van der Waals surface area contributed by atoms with Crippen LogP contribution in [0.25, 0.3) is 11.0 Å². The molecule has 0 amide bonds. The predicted molar refractivity (Wildman–Crippen MR) is 76.3 cm³/mol. The van der Waals surface area contributed by atoms with Crippen LogP contribution in [0.4, 0.5) is 0 Å². The summed E-state index contributed by atoms with van der Waals surface area (Å²) < 4.78 is 6.72. The quantitative estimate of drug-likeness (QED) is 0.765. The fraction of sp³-hybridized carbons (Fsp3) is 0.133. The molecule has 102 valence electrons. The van der Waals surface area contributed by atoms with Gasteiger partial charge in [0.05, 0.1) is 24.7 Å². The lowest BCUT2D eigenvalue weighted by molar-refractivity contribution is 0.415. The van der Waals surface area contributed by atoms with Gasteiger partial charge in [-0.05, 0) is 18.2 Å². The summed E-state index contributed by atoms with van der Waals surface area (Å²) in [6, 6.07) is 12.4. The molecule has 2 aromatic carbocycles. The molecule has 2 N–H and O–H groups in total. The highest BCUT2D eigenvalue weighted by molar-refractivity contribution is 5.77. The van der Waals surface area contributed by atoms with E-state index in [4.69, 9.17) is 4.74 Å². The lowest BCUT2D eigenvalue weighted by atomic mass is 10.2. The van der Waals surface area contributed by atoms with Gasteiger partial charge in [-0.2, -0.15) is 0 Å². The summed E-state index contributed by atoms with van der Waals surface area (Å²) in [5.41, 5.74) is 1.98. The summed E-state index contributed by atoms with van der Waals surface area (Å²) in [5, 5.41) is 9.81. The van der Waals surface area contributed by atoms with Crippen LogP contribution >= 0.6 is 0 Å². The summed E-state index contributed by atoms with van der Waals surface area (Å²) in [7, 11) is 1.58. The summed E-state index contributed by atoms with van der Waals surface area (Å²) in [4.78, 5) is 14.8. The van der Waals surface area contributed by atoms with Crippen molar-refractivity contribution in [2.75, 3.05) is 7.11 Å². The van der Waals surface area contributed by atoms with Gasteiger partial charge in [0.15, 0.2) is 0 Å². The smallest absolute Gasteiger partial charge is 0.326 e. The SMILES string of the molecule is COc1ccc2c(c1)[nH]c(=O)n2Cc1ccccc1O. The molecule has 0 fully saturated rings. The Kier molecular flexibility index (Phi) is 2.95. The van der Waals surface area contributed by atoms with Crippen LogP contribution in [0, 0.1) is 0 Å². The second kappa shape index (κ2) is 4.77. The number of para-hydroxylation sites is 1. The Morgan fingerprint density at radius 2 is 2.05 bits per heavy atom. The van der Waals surface area contributed by atoms with E-state index < -0.39 is 0 Å². The fourth-order valence-corrected chi connectivity index (χ4v) is 2.24. The van der Waals surface area contributed by atoms with Crippen LogP contribution < -0.4 is 10.4 Å². The summed E-state index contributed by atoms with van der Waals surface area (Å²) in [6.45, 7) is 0.317. The van der Waals surface area contributed by atoms with E-state index >= 15 is 0 Å². The number of hydrogen-bond donors (Lipinski definition) is 2. The average molecular weight is 270 g/mol. The van der Waals surface area contributed by atoms with Gasteiger partial charge in [-0.15, -0.1) is 0 Å². The molecule has 3 aromatic rings. The minimum atomic E-state index is -0.212. The number of ether oxygens (including phenoxy) is 1. The van der Waals surface area contributed by atoms with E-state index in [-0.39, 0.29) is 11.4 Å². The number of aromatic amines is 1. The second-order valence-corrected chi connectivity index (χ2v) is 4.53. The molecule has 0 saturated heterocycles. The Morgan fingerprint density at radius 3 is 2.80 bits per heavy atom. The van der Waals surface area contributed by atoms with Crippen LogP contribution in [0.1, 0.15) is 5.56 Å². The molecule has 0 bridgehead atoms. The van der Waals surface area contributed by atoms with Crippen molar-refractivity contribution in [3.8, 4) is 11.5 Å². The van der Waals surface area contributed by atoms with Gasteiger partial charge in [-0.3, -0.25) is 4.57 Å². The van der Waals surface area contributed by atoms with Crippen molar-refractivity contribution < 1.29 is 9.84 Å². The fourth-order valence-electron chi connectivity index (χ4n) is 2.24. The van der Waals surface area contributed by atoms with Crippen molar-refractivity contribution in [3.63, 3.8) is 0 Å². The van der Waals surface area contributed by atoms with E-state index in [2.05, 4.69) is 4.98 Å². The van der Waals surface area contributed by atoms with Crippen molar-refractivity contribution in [1.29, 1.82) is 0 Å². The molecule has 0 spiro atoms. The molecular weight excluding hydrogens is 256 g/mol. The van der Waals surface area contributed by atoms with Crippen molar-refractivity contribution in [2.45, 2.75) is 6.54 Å². The first-order valence-corrected chi connectivity index (χ1v) is 6.22. The Hall–Kier alpha value is -2.69. The standard InChI is InChI=1S/C15H14N2O3/c1-20-11-6-7-13-12(8-11)16-15(19)17(13)9-10-4-2-3-5-14(10)18/h2-8,18H,9H2,1H3,(H,16,19). The molecular formula is C15H14N2O3. The third-order valence-corrected chi connectivity index (χ3v) is 3.30. The van der Waals surface area contributed by atoms with E-state index in [1.165, 1.54) is 0 Å². The maximum atomic E-state index is 12.0. The minimum Gasteiger partial charge on any atom is -0.508 e. The molecule has 0 saturated carbocycles. The van der Waals surface area contributed by atoms with E-state index in [0.717, 1.165) is 5.52 Å². The molecule has 0 aliphatic rings. The van der Waals surface area contributed by atoms with E-state index in [1.54, 1.807) is 42.0 Å². The van der Waals surface area contributed by atoms with Crippen molar-refractivity contribution in [2.24, 2.45) is 0 Å². The molecule has 0 aliphatic heterocycles. The third kappa shape index (κ3) is 2.03. The van der Waals surface area contributed by atoms with Gasteiger partial charge in [0.2, 0.25) is 0 Å². The highest BCUT2D eigenvalue weighted by Gasteiger charge is 2.09. The summed E-state index contributed by atoms with van der Waals surface area (Å²) in [6.07, 6.45) is 0. The highest BCUT2D eigenvalue weighted by Crippen LogP contribution is 2.21. The third-order valence-electron chi connectivity index (χ3n) is 3.30. The van der Waals surface area contributed by atoms with Gasteiger partial charge in [0, 0.05) is 11.6 Å². The number of hydrogen-bond acceptors (Lipinski definition) is 3. The lowest BCUT2D eigenvalue weighted by Gasteiger charge is -2.06. The highest BCUT2D eigenvalue weighted by atomic mass is 16.5. The number of fused-ring (bicyclic) bond motifs is 1. The van der Waals surface area contributed by atoms with Crippen LogP contribution in [-0.2, 0) is 6.54 Å². The zero-order chi connectivity index (χ0) is 14.1. The molecule has 3 rings (SSSR count). The van der Waals surface area contributed by atoms with Gasteiger partial charge in [0.1, 0.15) is 11.5 Å². The Bertz CT molecular complexity index is 817. The Morgan fingerprint density at radius 1 is 1.25 bits per heavy atom. The number of aromatic nitrogens is 2. The van der Waals surface area contributed by atoms with Crippen LogP contribution in [0.5, 0.6) is 11.5 Å². The molecule has 0 aliphatic carbocycles. The first-order chi connectivity index (χ1) is 9.69. The molecule has 1 aromatic heterocycles. The van der Waals surface area contributed by atoms with Gasteiger partial charge in [-0.1, -0.05) is 18.2 Å². The van der Waals surface area contributed by atoms with Crippen molar-refractivity contribution in [3.05, 3.63) is 58.5 Å². The van der Waals surface area contributed by atoms with Crippen LogP contribution in [0.2, 0.25) is 0 Å². The largest absolute Gasteiger partial charge is 0.508 e. The summed E-state index contributed by atoms with van der Waals surface area (Å²) >= 11 is 0. The monoisotopic (exact) mass is 270 g/mol. The molecule has 20 heavy (non-hydrogen) atoms. The Labute approximate surface area is 115 Å². The number of H-pyrrole nitrogens is 1. The number of rotatable bonds is 3. The van der Waals surface area contributed by atoms with Crippen molar-refractivity contribution in [1.82, 2.24) is 9.55 Å². The normalized spacial score (nSPS) is 10.8.